The third-order valence-corrected chi connectivity index (χ3v) is 5.03. The molecule has 1 aliphatic carbocycles. The Hall–Kier alpha value is -1.72. The van der Waals surface area contributed by atoms with Crippen LogP contribution in [0.25, 0.3) is 5.69 Å². The maximum absolute atomic E-state index is 13.8. The molecule has 2 fully saturated rings. The molecule has 0 bridgehead atoms. The standard InChI is InChI=1S/C18H23FN4/c1-14-12-22(17-4-5-17)10-9-21(14)13-15-11-16(19)3-6-18(15)23-8-2-7-20-23/h2-3,6-8,11,14,17H,4-5,9-10,12-13H2,1H3. The first-order valence-electron chi connectivity index (χ1n) is 8.47. The lowest BCUT2D eigenvalue weighted by Gasteiger charge is -2.40. The van der Waals surface area contributed by atoms with Gasteiger partial charge in [-0.15, -0.1) is 0 Å². The van der Waals surface area contributed by atoms with Gasteiger partial charge in [-0.2, -0.15) is 5.10 Å². The average molecular weight is 314 g/mol. The summed E-state index contributed by atoms with van der Waals surface area (Å²) in [7, 11) is 0. The first kappa shape index (κ1) is 14.8. The van der Waals surface area contributed by atoms with Crippen molar-refractivity contribution in [2.75, 3.05) is 19.6 Å². The molecule has 1 atom stereocenters. The molecule has 5 heteroatoms. The zero-order valence-corrected chi connectivity index (χ0v) is 13.5. The lowest BCUT2D eigenvalue weighted by Crippen LogP contribution is -2.52. The highest BCUT2D eigenvalue weighted by Gasteiger charge is 2.34. The van der Waals surface area contributed by atoms with Crippen molar-refractivity contribution in [3.05, 3.63) is 48.0 Å². The topological polar surface area (TPSA) is 24.3 Å². The number of aromatic nitrogens is 2. The third kappa shape index (κ3) is 3.16. The summed E-state index contributed by atoms with van der Waals surface area (Å²) in [5.41, 5.74) is 1.97. The number of piperazine rings is 1. The van der Waals surface area contributed by atoms with E-state index < -0.39 is 0 Å². The molecule has 1 aromatic carbocycles. The summed E-state index contributed by atoms with van der Waals surface area (Å²) < 4.78 is 15.6. The van der Waals surface area contributed by atoms with Gasteiger partial charge >= 0.3 is 0 Å². The van der Waals surface area contributed by atoms with Crippen LogP contribution in [0.5, 0.6) is 0 Å². The molecule has 1 unspecified atom stereocenters. The van der Waals surface area contributed by atoms with E-state index >= 15 is 0 Å². The molecule has 4 rings (SSSR count). The molecule has 2 heterocycles. The Bertz CT molecular complexity index is 666. The van der Waals surface area contributed by atoms with Crippen LogP contribution in [0.4, 0.5) is 4.39 Å². The normalized spacial score (nSPS) is 23.3. The van der Waals surface area contributed by atoms with Gasteiger partial charge in [-0.25, -0.2) is 9.07 Å². The number of hydrogen-bond donors (Lipinski definition) is 0. The number of benzene rings is 1. The number of hydrogen-bond acceptors (Lipinski definition) is 3. The predicted octanol–water partition coefficient (Wildman–Crippen LogP) is 2.68. The van der Waals surface area contributed by atoms with E-state index in [9.17, 15) is 4.39 Å². The highest BCUT2D eigenvalue weighted by atomic mass is 19.1. The molecule has 1 aliphatic heterocycles. The van der Waals surface area contributed by atoms with Gasteiger partial charge in [0.25, 0.3) is 0 Å². The molecule has 0 amide bonds. The van der Waals surface area contributed by atoms with E-state index in [-0.39, 0.29) is 5.82 Å². The van der Waals surface area contributed by atoms with E-state index in [1.54, 1.807) is 12.3 Å². The van der Waals surface area contributed by atoms with Gasteiger partial charge < -0.3 is 0 Å². The summed E-state index contributed by atoms with van der Waals surface area (Å²) in [4.78, 5) is 5.07. The van der Waals surface area contributed by atoms with Crippen molar-refractivity contribution < 1.29 is 4.39 Å². The maximum Gasteiger partial charge on any atom is 0.123 e. The number of nitrogens with zero attached hydrogens (tertiary/aromatic N) is 4. The fourth-order valence-electron chi connectivity index (χ4n) is 3.56. The van der Waals surface area contributed by atoms with Gasteiger partial charge in [-0.1, -0.05) is 0 Å². The third-order valence-electron chi connectivity index (χ3n) is 5.03. The Morgan fingerprint density at radius 3 is 2.83 bits per heavy atom. The predicted molar refractivity (Wildman–Crippen MR) is 88.0 cm³/mol. The molecule has 0 spiro atoms. The van der Waals surface area contributed by atoms with E-state index in [1.165, 1.54) is 18.9 Å². The van der Waals surface area contributed by atoms with Crippen LogP contribution in [-0.4, -0.2) is 51.3 Å². The molecule has 122 valence electrons. The van der Waals surface area contributed by atoms with Crippen LogP contribution in [0, 0.1) is 5.82 Å². The average Bonchev–Trinajstić information content (AvgIpc) is 3.25. The molecule has 0 radical (unpaired) electrons. The molecule has 1 aromatic heterocycles. The largest absolute Gasteiger partial charge is 0.298 e. The Morgan fingerprint density at radius 2 is 2.13 bits per heavy atom. The van der Waals surface area contributed by atoms with E-state index in [0.29, 0.717) is 6.04 Å². The molecule has 23 heavy (non-hydrogen) atoms. The summed E-state index contributed by atoms with van der Waals surface area (Å²) in [6.45, 7) is 6.35. The quantitative estimate of drug-likeness (QED) is 0.867. The summed E-state index contributed by atoms with van der Waals surface area (Å²) in [5, 5.41) is 4.30. The van der Waals surface area contributed by atoms with E-state index in [0.717, 1.165) is 43.5 Å². The Kier molecular flexibility index (Phi) is 3.91. The molecule has 0 N–H and O–H groups in total. The van der Waals surface area contributed by atoms with Crippen LogP contribution in [0.3, 0.4) is 0 Å². The van der Waals surface area contributed by atoms with Crippen LogP contribution < -0.4 is 0 Å². The molecule has 2 aliphatic rings. The maximum atomic E-state index is 13.8. The van der Waals surface area contributed by atoms with Crippen LogP contribution in [0.2, 0.25) is 0 Å². The fourth-order valence-corrected chi connectivity index (χ4v) is 3.56. The summed E-state index contributed by atoms with van der Waals surface area (Å²) in [6.07, 6.45) is 6.38. The highest BCUT2D eigenvalue weighted by molar-refractivity contribution is 5.40. The lowest BCUT2D eigenvalue weighted by atomic mass is 10.1. The van der Waals surface area contributed by atoms with Gasteiger partial charge in [-0.3, -0.25) is 9.80 Å². The highest BCUT2D eigenvalue weighted by Crippen LogP contribution is 2.29. The Morgan fingerprint density at radius 1 is 1.26 bits per heavy atom. The van der Waals surface area contributed by atoms with E-state index in [4.69, 9.17) is 0 Å². The van der Waals surface area contributed by atoms with Gasteiger partial charge in [0.15, 0.2) is 0 Å². The molecule has 4 nitrogen and oxygen atoms in total. The molecule has 1 saturated heterocycles. The SMILES string of the molecule is CC1CN(C2CC2)CCN1Cc1cc(F)ccc1-n1cccn1. The molecule has 1 saturated carbocycles. The smallest absolute Gasteiger partial charge is 0.123 e. The lowest BCUT2D eigenvalue weighted by molar-refractivity contribution is 0.0729. The summed E-state index contributed by atoms with van der Waals surface area (Å²) in [5.74, 6) is -0.180. The van der Waals surface area contributed by atoms with Crippen molar-refractivity contribution in [2.24, 2.45) is 0 Å². The minimum atomic E-state index is -0.180. The Balaban J connectivity index is 1.53. The van der Waals surface area contributed by atoms with Crippen molar-refractivity contribution >= 4 is 0 Å². The van der Waals surface area contributed by atoms with Crippen LogP contribution in [0.1, 0.15) is 25.3 Å². The monoisotopic (exact) mass is 314 g/mol. The second-order valence-corrected chi connectivity index (χ2v) is 6.77. The number of halogens is 1. The van der Waals surface area contributed by atoms with Crippen molar-refractivity contribution in [2.45, 2.75) is 38.4 Å². The van der Waals surface area contributed by atoms with Gasteiger partial charge in [0.1, 0.15) is 5.82 Å². The Labute approximate surface area is 136 Å². The minimum absolute atomic E-state index is 0.180. The van der Waals surface area contributed by atoms with Crippen molar-refractivity contribution in [3.8, 4) is 5.69 Å². The molecular weight excluding hydrogens is 291 g/mol. The summed E-state index contributed by atoms with van der Waals surface area (Å²) in [6, 6.07) is 8.20. The zero-order chi connectivity index (χ0) is 15.8. The fraction of sp³-hybridized carbons (Fsp3) is 0.500. The van der Waals surface area contributed by atoms with Gasteiger partial charge in [0.05, 0.1) is 5.69 Å². The molecular formula is C18H23FN4. The molecule has 2 aromatic rings. The van der Waals surface area contributed by atoms with Gasteiger partial charge in [0.2, 0.25) is 0 Å². The van der Waals surface area contributed by atoms with E-state index in [2.05, 4.69) is 21.8 Å². The van der Waals surface area contributed by atoms with Gasteiger partial charge in [-0.05, 0) is 49.6 Å². The zero-order valence-electron chi connectivity index (χ0n) is 13.5. The van der Waals surface area contributed by atoms with Crippen LogP contribution >= 0.6 is 0 Å². The second-order valence-electron chi connectivity index (χ2n) is 6.77. The summed E-state index contributed by atoms with van der Waals surface area (Å²) >= 11 is 0. The van der Waals surface area contributed by atoms with Crippen LogP contribution in [-0.2, 0) is 6.54 Å². The van der Waals surface area contributed by atoms with Crippen molar-refractivity contribution in [3.63, 3.8) is 0 Å². The van der Waals surface area contributed by atoms with Gasteiger partial charge in [0, 0.05) is 50.7 Å². The van der Waals surface area contributed by atoms with Crippen molar-refractivity contribution in [1.29, 1.82) is 0 Å². The first-order chi connectivity index (χ1) is 11.2. The first-order valence-corrected chi connectivity index (χ1v) is 8.47. The van der Waals surface area contributed by atoms with Crippen LogP contribution in [0.15, 0.2) is 36.7 Å². The second kappa shape index (κ2) is 6.06. The minimum Gasteiger partial charge on any atom is -0.298 e. The van der Waals surface area contributed by atoms with Crippen molar-refractivity contribution in [1.82, 2.24) is 19.6 Å². The number of rotatable bonds is 4. The van der Waals surface area contributed by atoms with E-state index in [1.807, 2.05) is 23.0 Å².